The highest BCUT2D eigenvalue weighted by atomic mass is 32.2. The minimum absolute atomic E-state index is 0.0496. The summed E-state index contributed by atoms with van der Waals surface area (Å²) in [6, 6.07) is 8.73. The van der Waals surface area contributed by atoms with Gasteiger partial charge in [-0.25, -0.2) is 12.8 Å². The molecule has 1 atom stereocenters. The molecule has 1 aliphatic heterocycles. The molecule has 0 spiro atoms. The number of hydrogen-bond acceptors (Lipinski definition) is 6. The highest BCUT2D eigenvalue weighted by Gasteiger charge is 2.27. The third kappa shape index (κ3) is 5.71. The van der Waals surface area contributed by atoms with E-state index in [0.29, 0.717) is 43.2 Å². The first kappa shape index (κ1) is 24.7. The molecule has 1 unspecified atom stereocenters. The van der Waals surface area contributed by atoms with Gasteiger partial charge in [0.2, 0.25) is 0 Å². The molecule has 1 amide bonds. The van der Waals surface area contributed by atoms with Gasteiger partial charge in [-0.05, 0) is 56.7 Å². The van der Waals surface area contributed by atoms with E-state index in [4.69, 9.17) is 4.74 Å². The highest BCUT2D eigenvalue weighted by Crippen LogP contribution is 2.27. The van der Waals surface area contributed by atoms with Gasteiger partial charge in [-0.1, -0.05) is 6.92 Å². The molecule has 0 bridgehead atoms. The van der Waals surface area contributed by atoms with Gasteiger partial charge in [-0.15, -0.1) is 0 Å². The zero-order valence-corrected chi connectivity index (χ0v) is 20.1. The molecule has 0 aromatic heterocycles. The molecule has 178 valence electrons. The van der Waals surface area contributed by atoms with Gasteiger partial charge in [0.25, 0.3) is 5.91 Å². The minimum atomic E-state index is -3.50. The summed E-state index contributed by atoms with van der Waals surface area (Å²) in [5, 5.41) is 0. The normalized spacial score (nSPS) is 15.3. The average Bonchev–Trinajstić information content (AvgIpc) is 2.78. The largest absolute Gasteiger partial charge is 0.490 e. The Bertz CT molecular complexity index is 1160. The second-order valence-electron chi connectivity index (χ2n) is 8.27. The lowest BCUT2D eigenvalue weighted by Crippen LogP contribution is -2.49. The number of piperazine rings is 1. The fraction of sp³-hybridized carbons (Fsp3) is 0.417. The maximum absolute atomic E-state index is 14.5. The lowest BCUT2D eigenvalue weighted by atomic mass is 10.1. The molecule has 0 aliphatic carbocycles. The molecule has 9 heteroatoms. The first-order valence-corrected chi connectivity index (χ1v) is 12.8. The standard InChI is InChI=1S/C24H29FN2O5S/c1-5-16(2)32-23-9-7-19(33(4,30)31)15-20(23)24(29)27-12-10-26(11-13-27)22-8-6-18(17(3)28)14-21(22)25/h6-9,14-16H,5,10-13H2,1-4H3. The summed E-state index contributed by atoms with van der Waals surface area (Å²) in [5.41, 5.74) is 0.889. The molecule has 1 heterocycles. The van der Waals surface area contributed by atoms with Crippen LogP contribution in [0.25, 0.3) is 0 Å². The Morgan fingerprint density at radius 3 is 2.30 bits per heavy atom. The molecule has 2 aromatic carbocycles. The number of halogens is 1. The number of ether oxygens (including phenoxy) is 1. The molecule has 1 fully saturated rings. The van der Waals surface area contributed by atoms with E-state index in [9.17, 15) is 22.4 Å². The molecular weight excluding hydrogens is 447 g/mol. The van der Waals surface area contributed by atoms with Crippen LogP contribution in [0.2, 0.25) is 0 Å². The fourth-order valence-electron chi connectivity index (χ4n) is 3.61. The number of nitrogens with zero attached hydrogens (tertiary/aromatic N) is 2. The second-order valence-corrected chi connectivity index (χ2v) is 10.3. The van der Waals surface area contributed by atoms with Crippen LogP contribution in [0.3, 0.4) is 0 Å². The van der Waals surface area contributed by atoms with Crippen molar-refractivity contribution in [3.05, 3.63) is 53.3 Å². The summed E-state index contributed by atoms with van der Waals surface area (Å²) in [4.78, 5) is 28.3. The van der Waals surface area contributed by atoms with Gasteiger partial charge >= 0.3 is 0 Å². The van der Waals surface area contributed by atoms with E-state index < -0.39 is 15.7 Å². The average molecular weight is 477 g/mol. The van der Waals surface area contributed by atoms with Crippen molar-refractivity contribution in [2.75, 3.05) is 37.3 Å². The predicted molar refractivity (Wildman–Crippen MR) is 124 cm³/mol. The Labute approximate surface area is 194 Å². The number of amides is 1. The zero-order valence-electron chi connectivity index (χ0n) is 19.3. The van der Waals surface area contributed by atoms with E-state index >= 15 is 0 Å². The Balaban J connectivity index is 1.80. The van der Waals surface area contributed by atoms with Crippen molar-refractivity contribution in [3.63, 3.8) is 0 Å². The lowest BCUT2D eigenvalue weighted by Gasteiger charge is -2.36. The van der Waals surface area contributed by atoms with Gasteiger partial charge in [0, 0.05) is 38.0 Å². The minimum Gasteiger partial charge on any atom is -0.490 e. The molecule has 2 aromatic rings. The monoisotopic (exact) mass is 476 g/mol. The number of sulfone groups is 1. The number of carbonyl (C=O) groups is 2. The van der Waals surface area contributed by atoms with Crippen molar-refractivity contribution in [3.8, 4) is 5.75 Å². The van der Waals surface area contributed by atoms with Gasteiger partial charge in [0.05, 0.1) is 22.3 Å². The fourth-order valence-corrected chi connectivity index (χ4v) is 4.26. The second kappa shape index (κ2) is 9.91. The highest BCUT2D eigenvalue weighted by molar-refractivity contribution is 7.90. The molecule has 33 heavy (non-hydrogen) atoms. The van der Waals surface area contributed by atoms with Crippen LogP contribution < -0.4 is 9.64 Å². The van der Waals surface area contributed by atoms with Crippen LogP contribution in [0.15, 0.2) is 41.3 Å². The van der Waals surface area contributed by atoms with Crippen LogP contribution in [0, 0.1) is 5.82 Å². The van der Waals surface area contributed by atoms with E-state index in [0.717, 1.165) is 12.7 Å². The topological polar surface area (TPSA) is 84.0 Å². The summed E-state index contributed by atoms with van der Waals surface area (Å²) in [7, 11) is -3.50. The van der Waals surface area contributed by atoms with Crippen LogP contribution in [0.4, 0.5) is 10.1 Å². The first-order valence-electron chi connectivity index (χ1n) is 10.9. The van der Waals surface area contributed by atoms with Crippen molar-refractivity contribution < 1.29 is 27.1 Å². The van der Waals surface area contributed by atoms with Crippen LogP contribution in [-0.4, -0.2) is 63.5 Å². The molecule has 0 N–H and O–H groups in total. The van der Waals surface area contributed by atoms with Crippen molar-refractivity contribution in [2.24, 2.45) is 0 Å². The molecule has 0 radical (unpaired) electrons. The van der Waals surface area contributed by atoms with Crippen LogP contribution in [0.1, 0.15) is 47.9 Å². The van der Waals surface area contributed by atoms with Crippen molar-refractivity contribution in [1.82, 2.24) is 4.90 Å². The molecular formula is C24H29FN2O5S. The van der Waals surface area contributed by atoms with Gasteiger partial charge in [-0.2, -0.15) is 0 Å². The Morgan fingerprint density at radius 2 is 1.76 bits per heavy atom. The Morgan fingerprint density at radius 1 is 1.09 bits per heavy atom. The van der Waals surface area contributed by atoms with Gasteiger partial charge in [0.15, 0.2) is 15.6 Å². The molecule has 1 saturated heterocycles. The van der Waals surface area contributed by atoms with Gasteiger partial charge in [-0.3, -0.25) is 9.59 Å². The summed E-state index contributed by atoms with van der Waals surface area (Å²) < 4.78 is 44.5. The molecule has 7 nitrogen and oxygen atoms in total. The van der Waals surface area contributed by atoms with Gasteiger partial charge in [0.1, 0.15) is 11.6 Å². The third-order valence-electron chi connectivity index (χ3n) is 5.77. The van der Waals surface area contributed by atoms with E-state index in [1.54, 1.807) is 17.0 Å². The van der Waals surface area contributed by atoms with Crippen molar-refractivity contribution >= 4 is 27.2 Å². The lowest BCUT2D eigenvalue weighted by molar-refractivity contribution is 0.0739. The van der Waals surface area contributed by atoms with E-state index in [1.165, 1.54) is 31.2 Å². The van der Waals surface area contributed by atoms with Crippen LogP contribution in [-0.2, 0) is 9.84 Å². The van der Waals surface area contributed by atoms with E-state index in [-0.39, 0.29) is 28.3 Å². The zero-order chi connectivity index (χ0) is 24.3. The number of Topliss-reactive ketones (excluding diaryl/α,β-unsaturated/α-hetero) is 1. The number of anilines is 1. The summed E-state index contributed by atoms with van der Waals surface area (Å²) in [6.07, 6.45) is 1.68. The maximum Gasteiger partial charge on any atom is 0.257 e. The number of hydrogen-bond donors (Lipinski definition) is 0. The summed E-state index contributed by atoms with van der Waals surface area (Å²) in [5.74, 6) is -0.670. The van der Waals surface area contributed by atoms with E-state index in [2.05, 4.69) is 0 Å². The number of benzene rings is 2. The van der Waals surface area contributed by atoms with Crippen LogP contribution in [0.5, 0.6) is 5.75 Å². The number of rotatable bonds is 7. The van der Waals surface area contributed by atoms with E-state index in [1.807, 2.05) is 18.7 Å². The van der Waals surface area contributed by atoms with Crippen molar-refractivity contribution in [1.29, 1.82) is 0 Å². The Hall–Kier alpha value is -2.94. The Kier molecular flexibility index (Phi) is 7.41. The van der Waals surface area contributed by atoms with Gasteiger partial charge < -0.3 is 14.5 Å². The van der Waals surface area contributed by atoms with Crippen molar-refractivity contribution in [2.45, 2.75) is 38.2 Å². The first-order chi connectivity index (χ1) is 15.5. The number of ketones is 1. The maximum atomic E-state index is 14.5. The molecule has 3 rings (SSSR count). The quantitative estimate of drug-likeness (QED) is 0.568. The summed E-state index contributed by atoms with van der Waals surface area (Å²) >= 11 is 0. The molecule has 0 saturated carbocycles. The molecule has 1 aliphatic rings. The summed E-state index contributed by atoms with van der Waals surface area (Å²) in [6.45, 7) is 6.68. The SMILES string of the molecule is CCC(C)Oc1ccc(S(C)(=O)=O)cc1C(=O)N1CCN(c2ccc(C(C)=O)cc2F)CC1. The smallest absolute Gasteiger partial charge is 0.257 e. The predicted octanol–water partition coefficient (Wildman–Crippen LogP) is 3.57. The number of carbonyl (C=O) groups excluding carboxylic acids is 2. The van der Waals surface area contributed by atoms with Crippen LogP contribution >= 0.6 is 0 Å². The third-order valence-corrected chi connectivity index (χ3v) is 6.88.